The average molecular weight is 230 g/mol. The lowest BCUT2D eigenvalue weighted by Crippen LogP contribution is -2.35. The minimum Gasteiger partial charge on any atom is -0.394 e. The number of rotatable bonds is 6. The molecule has 1 unspecified atom stereocenters. The Balaban J connectivity index is 2.09. The summed E-state index contributed by atoms with van der Waals surface area (Å²) in [5, 5.41) is 18.0. The summed E-state index contributed by atoms with van der Waals surface area (Å²) in [6, 6.07) is 0. The van der Waals surface area contributed by atoms with Gasteiger partial charge >= 0.3 is 0 Å². The monoisotopic (exact) mass is 230 g/mol. The van der Waals surface area contributed by atoms with E-state index in [-0.39, 0.29) is 6.61 Å². The molecule has 96 valence electrons. The molecule has 1 fully saturated rings. The van der Waals surface area contributed by atoms with Crippen LogP contribution in [0.1, 0.15) is 19.3 Å². The Morgan fingerprint density at radius 3 is 2.56 bits per heavy atom. The van der Waals surface area contributed by atoms with Gasteiger partial charge in [-0.05, 0) is 58.9 Å². The molecule has 1 rings (SSSR count). The number of nitrogens with zero attached hydrogens (tertiary/aromatic N) is 2. The molecule has 0 saturated carbocycles. The number of aliphatic hydroxyl groups excluding tert-OH is 2. The molecule has 1 aliphatic heterocycles. The van der Waals surface area contributed by atoms with Crippen LogP contribution in [0.3, 0.4) is 0 Å². The molecule has 1 heterocycles. The molecule has 0 aliphatic carbocycles. The fourth-order valence-corrected chi connectivity index (χ4v) is 2.26. The molecule has 0 bridgehead atoms. The average Bonchev–Trinajstić information content (AvgIpc) is 2.28. The van der Waals surface area contributed by atoms with E-state index in [1.807, 2.05) is 7.05 Å². The highest BCUT2D eigenvalue weighted by Gasteiger charge is 2.17. The molecule has 0 amide bonds. The van der Waals surface area contributed by atoms with Gasteiger partial charge in [0.1, 0.15) is 0 Å². The number of piperidine rings is 1. The Kier molecular flexibility index (Phi) is 6.28. The lowest BCUT2D eigenvalue weighted by Gasteiger charge is -2.30. The van der Waals surface area contributed by atoms with Crippen LogP contribution in [0.25, 0.3) is 0 Å². The highest BCUT2D eigenvalue weighted by molar-refractivity contribution is 4.71. The van der Waals surface area contributed by atoms with Crippen molar-refractivity contribution in [3.63, 3.8) is 0 Å². The van der Waals surface area contributed by atoms with Crippen LogP contribution in [0.15, 0.2) is 0 Å². The number of likely N-dealkylation sites (tertiary alicyclic amines) is 1. The fraction of sp³-hybridized carbons (Fsp3) is 1.00. The summed E-state index contributed by atoms with van der Waals surface area (Å²) in [7, 11) is 4.19. The third kappa shape index (κ3) is 5.25. The van der Waals surface area contributed by atoms with Crippen molar-refractivity contribution in [3.8, 4) is 0 Å². The van der Waals surface area contributed by atoms with Gasteiger partial charge in [0.2, 0.25) is 0 Å². The van der Waals surface area contributed by atoms with Gasteiger partial charge in [0.15, 0.2) is 0 Å². The van der Waals surface area contributed by atoms with E-state index in [1.165, 1.54) is 32.4 Å². The molecule has 1 aliphatic rings. The van der Waals surface area contributed by atoms with E-state index in [0.717, 1.165) is 12.5 Å². The SMILES string of the molecule is CN1CCC(CCN(C)CC(O)CO)CC1. The second kappa shape index (κ2) is 7.22. The summed E-state index contributed by atoms with van der Waals surface area (Å²) in [5.41, 5.74) is 0. The molecule has 0 aromatic rings. The minimum atomic E-state index is -0.595. The zero-order chi connectivity index (χ0) is 12.0. The van der Waals surface area contributed by atoms with Crippen LogP contribution in [0.4, 0.5) is 0 Å². The normalized spacial score (nSPS) is 21.6. The third-order valence-corrected chi connectivity index (χ3v) is 3.49. The fourth-order valence-electron chi connectivity index (χ4n) is 2.26. The molecule has 1 atom stereocenters. The van der Waals surface area contributed by atoms with Crippen molar-refractivity contribution in [2.45, 2.75) is 25.4 Å². The maximum atomic E-state index is 9.30. The minimum absolute atomic E-state index is 0.140. The third-order valence-electron chi connectivity index (χ3n) is 3.49. The highest BCUT2D eigenvalue weighted by atomic mass is 16.3. The van der Waals surface area contributed by atoms with Gasteiger partial charge in [0.25, 0.3) is 0 Å². The first-order chi connectivity index (χ1) is 7.61. The molecule has 16 heavy (non-hydrogen) atoms. The zero-order valence-electron chi connectivity index (χ0n) is 10.6. The van der Waals surface area contributed by atoms with Crippen LogP contribution >= 0.6 is 0 Å². The van der Waals surface area contributed by atoms with Crippen molar-refractivity contribution in [3.05, 3.63) is 0 Å². The Bertz CT molecular complexity index is 182. The van der Waals surface area contributed by atoms with Crippen LogP contribution < -0.4 is 0 Å². The van der Waals surface area contributed by atoms with E-state index in [2.05, 4.69) is 16.8 Å². The van der Waals surface area contributed by atoms with Gasteiger partial charge in [0, 0.05) is 6.54 Å². The van der Waals surface area contributed by atoms with Crippen molar-refractivity contribution in [2.24, 2.45) is 5.92 Å². The number of likely N-dealkylation sites (N-methyl/N-ethyl adjacent to an activating group) is 1. The Morgan fingerprint density at radius 1 is 1.38 bits per heavy atom. The van der Waals surface area contributed by atoms with Gasteiger partial charge < -0.3 is 20.0 Å². The van der Waals surface area contributed by atoms with Gasteiger partial charge in [-0.2, -0.15) is 0 Å². The van der Waals surface area contributed by atoms with Crippen LogP contribution in [-0.4, -0.2) is 73.0 Å². The Morgan fingerprint density at radius 2 is 2.00 bits per heavy atom. The predicted octanol–water partition coefficient (Wildman–Crippen LogP) is 0.00330. The topological polar surface area (TPSA) is 46.9 Å². The molecule has 2 N–H and O–H groups in total. The molecule has 4 heteroatoms. The standard InChI is InChI=1S/C12H26N2O2/c1-13-6-3-11(4-7-13)5-8-14(2)9-12(16)10-15/h11-12,15-16H,3-10H2,1-2H3. The second-order valence-corrected chi connectivity index (χ2v) is 5.13. The Labute approximate surface area is 98.9 Å². The summed E-state index contributed by atoms with van der Waals surface area (Å²) in [6.07, 6.45) is 3.21. The summed E-state index contributed by atoms with van der Waals surface area (Å²) < 4.78 is 0. The molecule has 0 spiro atoms. The zero-order valence-corrected chi connectivity index (χ0v) is 10.6. The maximum Gasteiger partial charge on any atom is 0.0897 e. The number of hydrogen-bond donors (Lipinski definition) is 2. The largest absolute Gasteiger partial charge is 0.394 e. The van der Waals surface area contributed by atoms with Gasteiger partial charge in [0.05, 0.1) is 12.7 Å². The molecule has 0 aromatic heterocycles. The number of hydrogen-bond acceptors (Lipinski definition) is 4. The van der Waals surface area contributed by atoms with E-state index in [9.17, 15) is 5.11 Å². The highest BCUT2D eigenvalue weighted by Crippen LogP contribution is 2.19. The molecule has 1 saturated heterocycles. The van der Waals surface area contributed by atoms with Crippen molar-refractivity contribution < 1.29 is 10.2 Å². The summed E-state index contributed by atoms with van der Waals surface area (Å²) in [4.78, 5) is 4.49. The van der Waals surface area contributed by atoms with Crippen molar-refractivity contribution in [2.75, 3.05) is 46.9 Å². The predicted molar refractivity (Wildman–Crippen MR) is 65.4 cm³/mol. The summed E-state index contributed by atoms with van der Waals surface area (Å²) in [5.74, 6) is 0.838. The van der Waals surface area contributed by atoms with Crippen molar-refractivity contribution in [1.29, 1.82) is 0 Å². The maximum absolute atomic E-state index is 9.30. The first kappa shape index (κ1) is 13.9. The van der Waals surface area contributed by atoms with Gasteiger partial charge in [-0.1, -0.05) is 0 Å². The molecular weight excluding hydrogens is 204 g/mol. The quantitative estimate of drug-likeness (QED) is 0.674. The molecule has 0 radical (unpaired) electrons. The van der Waals surface area contributed by atoms with E-state index in [4.69, 9.17) is 5.11 Å². The smallest absolute Gasteiger partial charge is 0.0897 e. The summed E-state index contributed by atoms with van der Waals surface area (Å²) >= 11 is 0. The number of aliphatic hydroxyl groups is 2. The van der Waals surface area contributed by atoms with Crippen LogP contribution in [0, 0.1) is 5.92 Å². The van der Waals surface area contributed by atoms with E-state index in [0.29, 0.717) is 6.54 Å². The Hall–Kier alpha value is -0.160. The lowest BCUT2D eigenvalue weighted by atomic mass is 9.94. The molecular formula is C12H26N2O2. The van der Waals surface area contributed by atoms with Crippen LogP contribution in [0.5, 0.6) is 0 Å². The lowest BCUT2D eigenvalue weighted by molar-refractivity contribution is 0.0640. The van der Waals surface area contributed by atoms with Crippen molar-refractivity contribution in [1.82, 2.24) is 9.80 Å². The van der Waals surface area contributed by atoms with Gasteiger partial charge in [-0.25, -0.2) is 0 Å². The van der Waals surface area contributed by atoms with Gasteiger partial charge in [-0.3, -0.25) is 0 Å². The van der Waals surface area contributed by atoms with Crippen molar-refractivity contribution >= 4 is 0 Å². The first-order valence-electron chi connectivity index (χ1n) is 6.28. The first-order valence-corrected chi connectivity index (χ1v) is 6.28. The van der Waals surface area contributed by atoms with Crippen LogP contribution in [-0.2, 0) is 0 Å². The second-order valence-electron chi connectivity index (χ2n) is 5.13. The van der Waals surface area contributed by atoms with E-state index >= 15 is 0 Å². The molecule has 4 nitrogen and oxygen atoms in total. The van der Waals surface area contributed by atoms with Gasteiger partial charge in [-0.15, -0.1) is 0 Å². The van der Waals surface area contributed by atoms with Crippen LogP contribution in [0.2, 0.25) is 0 Å². The molecule has 0 aromatic carbocycles. The van der Waals surface area contributed by atoms with E-state index < -0.39 is 6.10 Å². The summed E-state index contributed by atoms with van der Waals surface area (Å²) in [6.45, 7) is 3.88. The van der Waals surface area contributed by atoms with E-state index in [1.54, 1.807) is 0 Å².